The van der Waals surface area contributed by atoms with E-state index in [1.165, 1.54) is 24.5 Å². The second-order valence-electron chi connectivity index (χ2n) is 4.72. The van der Waals surface area contributed by atoms with Crippen molar-refractivity contribution in [3.63, 3.8) is 0 Å². The fourth-order valence-corrected chi connectivity index (χ4v) is 3.04. The third kappa shape index (κ3) is 4.01. The number of aryl methyl sites for hydroxylation is 1. The van der Waals surface area contributed by atoms with Crippen molar-refractivity contribution in [3.8, 4) is 0 Å². The van der Waals surface area contributed by atoms with Crippen molar-refractivity contribution >= 4 is 33.9 Å². The van der Waals surface area contributed by atoms with Gasteiger partial charge >= 0.3 is 5.97 Å². The van der Waals surface area contributed by atoms with Gasteiger partial charge in [0.1, 0.15) is 5.00 Å². The predicted molar refractivity (Wildman–Crippen MR) is 85.2 cm³/mol. The van der Waals surface area contributed by atoms with Crippen molar-refractivity contribution in [2.45, 2.75) is 27.2 Å². The summed E-state index contributed by atoms with van der Waals surface area (Å²) in [5.41, 5.74) is 2.13. The first-order valence-corrected chi connectivity index (χ1v) is 7.29. The zero-order valence-electron chi connectivity index (χ0n) is 12.7. The van der Waals surface area contributed by atoms with Gasteiger partial charge in [-0.2, -0.15) is 0 Å². The molecule has 5 nitrogen and oxygen atoms in total. The minimum atomic E-state index is -0.654. The quantitative estimate of drug-likeness (QED) is 0.481. The van der Waals surface area contributed by atoms with E-state index < -0.39 is 11.9 Å². The molecule has 0 aliphatic carbocycles. The number of nitrogens with one attached hydrogen (secondary N) is 2. The molecule has 6 heteroatoms. The molecule has 0 bridgehead atoms. The van der Waals surface area contributed by atoms with Gasteiger partial charge in [0.05, 0.1) is 19.4 Å². The largest absolute Gasteiger partial charge is 0.469 e. The maximum absolute atomic E-state index is 12.2. The monoisotopic (exact) mass is 308 g/mol. The molecular formula is C15H20N2O3S. The van der Waals surface area contributed by atoms with Crippen LogP contribution in [0, 0.1) is 25.2 Å². The number of hydrogen-bond donors (Lipinski definition) is 2. The summed E-state index contributed by atoms with van der Waals surface area (Å²) < 4.78 is 4.57. The number of anilines is 1. The van der Waals surface area contributed by atoms with Gasteiger partial charge in [-0.3, -0.25) is 9.59 Å². The molecule has 0 aliphatic heterocycles. The second kappa shape index (κ2) is 7.17. The average molecular weight is 308 g/mol. The fraction of sp³-hybridized carbons (Fsp3) is 0.400. The second-order valence-corrected chi connectivity index (χ2v) is 5.95. The Morgan fingerprint density at radius 2 is 2.10 bits per heavy atom. The Morgan fingerprint density at radius 1 is 1.48 bits per heavy atom. The van der Waals surface area contributed by atoms with E-state index in [0.29, 0.717) is 10.7 Å². The Morgan fingerprint density at radius 3 is 2.57 bits per heavy atom. The summed E-state index contributed by atoms with van der Waals surface area (Å²) >= 11 is 1.43. The van der Waals surface area contributed by atoms with Crippen molar-refractivity contribution in [1.29, 1.82) is 5.41 Å². The molecule has 1 heterocycles. The molecule has 0 aromatic carbocycles. The van der Waals surface area contributed by atoms with Gasteiger partial charge in [0.2, 0.25) is 5.91 Å². The first kappa shape index (κ1) is 17.1. The molecule has 1 aromatic rings. The van der Waals surface area contributed by atoms with Gasteiger partial charge in [-0.1, -0.05) is 6.08 Å². The number of ether oxygens (including phenoxy) is 1. The molecule has 0 radical (unpaired) electrons. The number of esters is 1. The number of hydrogen-bond acceptors (Lipinski definition) is 5. The van der Waals surface area contributed by atoms with Crippen LogP contribution in [0.1, 0.15) is 29.3 Å². The number of amides is 1. The molecule has 1 rings (SSSR count). The summed E-state index contributed by atoms with van der Waals surface area (Å²) in [5.74, 6) is -1.43. The zero-order valence-corrected chi connectivity index (χ0v) is 13.5. The minimum Gasteiger partial charge on any atom is -0.469 e. The van der Waals surface area contributed by atoms with Crippen molar-refractivity contribution in [1.82, 2.24) is 0 Å². The molecule has 0 fully saturated rings. The number of rotatable bonds is 6. The van der Waals surface area contributed by atoms with Gasteiger partial charge < -0.3 is 15.5 Å². The lowest BCUT2D eigenvalue weighted by Crippen LogP contribution is -2.24. The molecule has 1 atom stereocenters. The molecule has 2 N–H and O–H groups in total. The smallest absolute Gasteiger partial charge is 0.306 e. The molecule has 1 aromatic heterocycles. The summed E-state index contributed by atoms with van der Waals surface area (Å²) in [6.45, 7) is 9.14. The van der Waals surface area contributed by atoms with E-state index in [4.69, 9.17) is 5.41 Å². The number of carbonyl (C=O) groups is 2. The maximum Gasteiger partial charge on any atom is 0.306 e. The van der Waals surface area contributed by atoms with E-state index in [1.54, 1.807) is 6.92 Å². The first-order chi connectivity index (χ1) is 9.81. The average Bonchev–Trinajstić information content (AvgIpc) is 2.70. The van der Waals surface area contributed by atoms with Crippen LogP contribution in [0.3, 0.4) is 0 Å². The van der Waals surface area contributed by atoms with E-state index in [-0.39, 0.29) is 12.3 Å². The lowest BCUT2D eigenvalue weighted by molar-refractivity contribution is -0.142. The van der Waals surface area contributed by atoms with E-state index in [0.717, 1.165) is 16.0 Å². The maximum atomic E-state index is 12.2. The van der Waals surface area contributed by atoms with Crippen LogP contribution >= 0.6 is 11.3 Å². The molecule has 0 saturated heterocycles. The Labute approximate surface area is 128 Å². The molecule has 114 valence electrons. The van der Waals surface area contributed by atoms with Crippen LogP contribution in [0.5, 0.6) is 0 Å². The van der Waals surface area contributed by atoms with Crippen molar-refractivity contribution in [2.24, 2.45) is 5.92 Å². The predicted octanol–water partition coefficient (Wildman–Crippen LogP) is 3.06. The minimum absolute atomic E-state index is 0.0475. The van der Waals surface area contributed by atoms with Gasteiger partial charge in [-0.05, 0) is 26.3 Å². The van der Waals surface area contributed by atoms with E-state index in [1.807, 2.05) is 13.8 Å². The van der Waals surface area contributed by atoms with Gasteiger partial charge in [-0.15, -0.1) is 17.9 Å². The van der Waals surface area contributed by atoms with Gasteiger partial charge in [0.15, 0.2) is 0 Å². The summed E-state index contributed by atoms with van der Waals surface area (Å²) in [5, 5.41) is 11.3. The highest BCUT2D eigenvalue weighted by atomic mass is 32.1. The van der Waals surface area contributed by atoms with E-state index in [9.17, 15) is 9.59 Å². The van der Waals surface area contributed by atoms with Crippen LogP contribution in [-0.4, -0.2) is 24.7 Å². The standard InChI is InChI=1S/C15H20N2O3S/c1-6-11(7-12(18)20-5)14(19)17-15-13(9(3)16)8(2)10(4)21-15/h6,11,16H,1,7H2,2-5H3,(H,17,19). The molecule has 0 spiro atoms. The Kier molecular flexibility index (Phi) is 5.84. The normalized spacial score (nSPS) is 11.6. The summed E-state index contributed by atoms with van der Waals surface area (Å²) in [7, 11) is 1.28. The van der Waals surface area contributed by atoms with Crippen LogP contribution in [0.15, 0.2) is 12.7 Å². The molecule has 0 saturated carbocycles. The topological polar surface area (TPSA) is 79.2 Å². The Hall–Kier alpha value is -1.95. The highest BCUT2D eigenvalue weighted by Crippen LogP contribution is 2.33. The summed E-state index contributed by atoms with van der Waals surface area (Å²) in [6.07, 6.45) is 1.38. The van der Waals surface area contributed by atoms with E-state index in [2.05, 4.69) is 16.6 Å². The van der Waals surface area contributed by atoms with Crippen molar-refractivity contribution < 1.29 is 14.3 Å². The van der Waals surface area contributed by atoms with Gasteiger partial charge in [-0.25, -0.2) is 0 Å². The number of methoxy groups -OCH3 is 1. The van der Waals surface area contributed by atoms with Crippen LogP contribution < -0.4 is 5.32 Å². The third-order valence-corrected chi connectivity index (χ3v) is 4.36. The third-order valence-electron chi connectivity index (χ3n) is 3.23. The van der Waals surface area contributed by atoms with Crippen LogP contribution in [-0.2, 0) is 14.3 Å². The number of thiophene rings is 1. The lowest BCUT2D eigenvalue weighted by Gasteiger charge is -2.12. The molecule has 1 unspecified atom stereocenters. The summed E-state index contributed by atoms with van der Waals surface area (Å²) in [4.78, 5) is 24.6. The highest BCUT2D eigenvalue weighted by Gasteiger charge is 2.22. The summed E-state index contributed by atoms with van der Waals surface area (Å²) in [6, 6.07) is 0. The van der Waals surface area contributed by atoms with Crippen LogP contribution in [0.2, 0.25) is 0 Å². The SMILES string of the molecule is C=CC(CC(=O)OC)C(=O)Nc1sc(C)c(C)c1C(C)=N. The fourth-order valence-electron chi connectivity index (χ4n) is 1.92. The van der Waals surface area contributed by atoms with Gasteiger partial charge in [0.25, 0.3) is 0 Å². The zero-order chi connectivity index (χ0) is 16.2. The molecule has 21 heavy (non-hydrogen) atoms. The van der Waals surface area contributed by atoms with Crippen molar-refractivity contribution in [3.05, 3.63) is 28.7 Å². The van der Waals surface area contributed by atoms with Crippen LogP contribution in [0.25, 0.3) is 0 Å². The van der Waals surface area contributed by atoms with Crippen molar-refractivity contribution in [2.75, 3.05) is 12.4 Å². The first-order valence-electron chi connectivity index (χ1n) is 6.47. The lowest BCUT2D eigenvalue weighted by atomic mass is 10.0. The number of carbonyl (C=O) groups excluding carboxylic acids is 2. The molecular weight excluding hydrogens is 288 g/mol. The Bertz CT molecular complexity index is 590. The highest BCUT2D eigenvalue weighted by molar-refractivity contribution is 7.16. The van der Waals surface area contributed by atoms with Crippen LogP contribution in [0.4, 0.5) is 5.00 Å². The Balaban J connectivity index is 2.97. The molecule has 1 amide bonds. The molecule has 0 aliphatic rings. The van der Waals surface area contributed by atoms with Gasteiger partial charge in [0, 0.05) is 16.2 Å². The van der Waals surface area contributed by atoms with E-state index >= 15 is 0 Å².